The predicted molar refractivity (Wildman–Crippen MR) is 63.5 cm³/mol. The molecular weight excluding hydrogens is 267 g/mol. The first-order valence-electron chi connectivity index (χ1n) is 4.77. The fourth-order valence-corrected chi connectivity index (χ4v) is 1.48. The number of hydrogen-bond acceptors (Lipinski definition) is 3. The van der Waals surface area contributed by atoms with Crippen molar-refractivity contribution < 1.29 is 14.7 Å². The Morgan fingerprint density at radius 2 is 2.12 bits per heavy atom. The third-order valence-corrected chi connectivity index (χ3v) is 2.72. The second kappa shape index (κ2) is 5.84. The Morgan fingerprint density at radius 1 is 1.47 bits per heavy atom. The number of halogens is 2. The van der Waals surface area contributed by atoms with Gasteiger partial charge >= 0.3 is 5.97 Å². The quantitative estimate of drug-likeness (QED) is 0.854. The first-order valence-corrected chi connectivity index (χ1v) is 5.53. The molecule has 0 atom stereocenters. The summed E-state index contributed by atoms with van der Waals surface area (Å²) in [5, 5.41) is 8.91. The van der Waals surface area contributed by atoms with Crippen molar-refractivity contribution in [1.29, 1.82) is 0 Å². The summed E-state index contributed by atoms with van der Waals surface area (Å²) in [5.41, 5.74) is 0.211. The van der Waals surface area contributed by atoms with Gasteiger partial charge in [0.05, 0.1) is 10.6 Å². The molecule has 0 aliphatic rings. The highest BCUT2D eigenvalue weighted by Crippen LogP contribution is 2.20. The molecule has 0 aliphatic heterocycles. The molecule has 1 aromatic heterocycles. The van der Waals surface area contributed by atoms with E-state index in [2.05, 4.69) is 4.98 Å². The van der Waals surface area contributed by atoms with Crippen LogP contribution in [0.5, 0.6) is 0 Å². The molecule has 17 heavy (non-hydrogen) atoms. The van der Waals surface area contributed by atoms with Crippen molar-refractivity contribution >= 4 is 35.1 Å². The van der Waals surface area contributed by atoms with Crippen molar-refractivity contribution in [3.63, 3.8) is 0 Å². The lowest BCUT2D eigenvalue weighted by Crippen LogP contribution is -2.35. The second-order valence-corrected chi connectivity index (χ2v) is 3.97. The lowest BCUT2D eigenvalue weighted by Gasteiger charge is -2.18. The summed E-state index contributed by atoms with van der Waals surface area (Å²) in [6.45, 7) is 1.60. The minimum Gasteiger partial charge on any atom is -0.480 e. The molecule has 92 valence electrons. The van der Waals surface area contributed by atoms with E-state index in [4.69, 9.17) is 28.3 Å². The maximum atomic E-state index is 11.9. The Hall–Kier alpha value is -1.33. The van der Waals surface area contributed by atoms with Gasteiger partial charge in [0.15, 0.2) is 0 Å². The average Bonchev–Trinajstić information content (AvgIpc) is 2.28. The molecule has 0 bridgehead atoms. The van der Waals surface area contributed by atoms with Crippen LogP contribution >= 0.6 is 23.2 Å². The molecular formula is C10H10Cl2N2O3. The normalized spacial score (nSPS) is 10.1. The summed E-state index contributed by atoms with van der Waals surface area (Å²) in [7, 11) is 0. The van der Waals surface area contributed by atoms with Gasteiger partial charge in [-0.05, 0) is 13.0 Å². The van der Waals surface area contributed by atoms with Crippen LogP contribution in [-0.2, 0) is 4.79 Å². The van der Waals surface area contributed by atoms with Crippen molar-refractivity contribution in [1.82, 2.24) is 9.88 Å². The van der Waals surface area contributed by atoms with Crippen LogP contribution in [0, 0.1) is 0 Å². The summed E-state index contributed by atoms with van der Waals surface area (Å²) in [6.07, 6.45) is 1.26. The Balaban J connectivity index is 2.93. The number of nitrogens with zero attached hydrogens (tertiary/aromatic N) is 2. The van der Waals surface area contributed by atoms with Crippen molar-refractivity contribution in [2.45, 2.75) is 6.92 Å². The number of rotatable bonds is 4. The van der Waals surface area contributed by atoms with E-state index in [1.807, 2.05) is 0 Å². The first kappa shape index (κ1) is 13.7. The second-order valence-electron chi connectivity index (χ2n) is 3.21. The SMILES string of the molecule is CCN(CC(=O)O)C(=O)c1cnc(Cl)c(Cl)c1. The lowest BCUT2D eigenvalue weighted by atomic mass is 10.2. The van der Waals surface area contributed by atoms with Crippen LogP contribution in [0.25, 0.3) is 0 Å². The smallest absolute Gasteiger partial charge is 0.323 e. The van der Waals surface area contributed by atoms with Gasteiger partial charge in [0.2, 0.25) is 0 Å². The molecule has 1 rings (SSSR count). The van der Waals surface area contributed by atoms with Gasteiger partial charge in [0, 0.05) is 12.7 Å². The Kier molecular flexibility index (Phi) is 4.72. The van der Waals surface area contributed by atoms with E-state index in [9.17, 15) is 9.59 Å². The topological polar surface area (TPSA) is 70.5 Å². The Labute approximate surface area is 108 Å². The molecule has 5 nitrogen and oxygen atoms in total. The highest BCUT2D eigenvalue weighted by Gasteiger charge is 2.18. The third-order valence-electron chi connectivity index (χ3n) is 2.04. The van der Waals surface area contributed by atoms with Gasteiger partial charge in [-0.25, -0.2) is 4.98 Å². The maximum absolute atomic E-state index is 11.9. The van der Waals surface area contributed by atoms with Crippen molar-refractivity contribution in [2.75, 3.05) is 13.1 Å². The number of carbonyl (C=O) groups is 2. The van der Waals surface area contributed by atoms with E-state index >= 15 is 0 Å². The monoisotopic (exact) mass is 276 g/mol. The standard InChI is InChI=1S/C10H10Cl2N2O3/c1-2-14(5-8(15)16)10(17)6-3-7(11)9(12)13-4-6/h3-4H,2,5H2,1H3,(H,15,16). The summed E-state index contributed by atoms with van der Waals surface area (Å²) in [6, 6.07) is 1.36. The van der Waals surface area contributed by atoms with E-state index in [0.29, 0.717) is 0 Å². The molecule has 0 spiro atoms. The number of carboxylic acids is 1. The lowest BCUT2D eigenvalue weighted by molar-refractivity contribution is -0.137. The molecule has 0 radical (unpaired) electrons. The molecule has 0 saturated carbocycles. The van der Waals surface area contributed by atoms with Crippen molar-refractivity contribution in [3.8, 4) is 0 Å². The zero-order chi connectivity index (χ0) is 13.0. The maximum Gasteiger partial charge on any atom is 0.323 e. The number of hydrogen-bond donors (Lipinski definition) is 1. The molecule has 0 aromatic carbocycles. The highest BCUT2D eigenvalue weighted by molar-refractivity contribution is 6.41. The fourth-order valence-electron chi connectivity index (χ4n) is 1.21. The summed E-state index contributed by atoms with van der Waals surface area (Å²) < 4.78 is 0. The summed E-state index contributed by atoms with van der Waals surface area (Å²) in [5.74, 6) is -1.52. The Morgan fingerprint density at radius 3 is 2.59 bits per heavy atom. The largest absolute Gasteiger partial charge is 0.480 e. The van der Waals surface area contributed by atoms with Crippen LogP contribution in [0.4, 0.5) is 0 Å². The van der Waals surface area contributed by atoms with Gasteiger partial charge in [0.1, 0.15) is 11.7 Å². The predicted octanol–water partition coefficient (Wildman–Crippen LogP) is 1.94. The number of carbonyl (C=O) groups excluding carboxylic acids is 1. The van der Waals surface area contributed by atoms with E-state index in [1.54, 1.807) is 6.92 Å². The molecule has 1 amide bonds. The molecule has 0 aliphatic carbocycles. The molecule has 1 heterocycles. The highest BCUT2D eigenvalue weighted by atomic mass is 35.5. The van der Waals surface area contributed by atoms with Crippen LogP contribution in [0.1, 0.15) is 17.3 Å². The zero-order valence-corrected chi connectivity index (χ0v) is 10.5. The minimum absolute atomic E-state index is 0.101. The molecule has 1 N–H and O–H groups in total. The number of aromatic nitrogens is 1. The van der Waals surface area contributed by atoms with E-state index in [-0.39, 0.29) is 28.8 Å². The van der Waals surface area contributed by atoms with Crippen LogP contribution in [0.15, 0.2) is 12.3 Å². The molecule has 0 unspecified atom stereocenters. The van der Waals surface area contributed by atoms with Crippen LogP contribution in [-0.4, -0.2) is 40.0 Å². The van der Waals surface area contributed by atoms with Gasteiger partial charge < -0.3 is 10.0 Å². The average molecular weight is 277 g/mol. The van der Waals surface area contributed by atoms with Crippen LogP contribution in [0.3, 0.4) is 0 Å². The molecule has 1 aromatic rings. The van der Waals surface area contributed by atoms with Crippen molar-refractivity contribution in [3.05, 3.63) is 28.0 Å². The first-order chi connectivity index (χ1) is 7.95. The third kappa shape index (κ3) is 3.57. The van der Waals surface area contributed by atoms with Gasteiger partial charge in [0.25, 0.3) is 5.91 Å². The fraction of sp³-hybridized carbons (Fsp3) is 0.300. The van der Waals surface area contributed by atoms with E-state index in [0.717, 1.165) is 0 Å². The van der Waals surface area contributed by atoms with Gasteiger partial charge in [-0.3, -0.25) is 9.59 Å². The zero-order valence-electron chi connectivity index (χ0n) is 8.98. The van der Waals surface area contributed by atoms with Crippen LogP contribution in [0.2, 0.25) is 10.2 Å². The minimum atomic E-state index is -1.08. The molecule has 0 fully saturated rings. The van der Waals surface area contributed by atoms with Gasteiger partial charge in [-0.2, -0.15) is 0 Å². The number of pyridine rings is 1. The van der Waals surface area contributed by atoms with Crippen molar-refractivity contribution in [2.24, 2.45) is 0 Å². The van der Waals surface area contributed by atoms with Gasteiger partial charge in [-0.1, -0.05) is 23.2 Å². The number of carboxylic acid groups (broad SMARTS) is 1. The molecule has 7 heteroatoms. The number of amides is 1. The van der Waals surface area contributed by atoms with E-state index in [1.165, 1.54) is 17.2 Å². The summed E-state index contributed by atoms with van der Waals surface area (Å²) >= 11 is 11.4. The number of likely N-dealkylation sites (N-methyl/N-ethyl adjacent to an activating group) is 1. The Bertz CT molecular complexity index is 451. The summed E-state index contributed by atoms with van der Waals surface area (Å²) in [4.78, 5) is 27.4. The van der Waals surface area contributed by atoms with Crippen LogP contribution < -0.4 is 0 Å². The molecule has 0 saturated heterocycles. The number of aliphatic carboxylic acids is 1. The van der Waals surface area contributed by atoms with E-state index < -0.39 is 11.9 Å². The van der Waals surface area contributed by atoms with Gasteiger partial charge in [-0.15, -0.1) is 0 Å².